The van der Waals surface area contributed by atoms with Gasteiger partial charge >= 0.3 is 4.70 Å². The number of aliphatic hydroxyl groups is 1. The zero-order valence-corrected chi connectivity index (χ0v) is 38.5. The minimum atomic E-state index is -0.609. The van der Waals surface area contributed by atoms with E-state index in [1.165, 1.54) is 34.0 Å². The van der Waals surface area contributed by atoms with Crippen molar-refractivity contribution in [1.82, 2.24) is 10.6 Å². The largest absolute Gasteiger partial charge is 0.509 e. The first kappa shape index (κ1) is 46.9. The minimum Gasteiger partial charge on any atom is -0.509 e. The lowest BCUT2D eigenvalue weighted by Gasteiger charge is -2.38. The molecule has 0 radical (unpaired) electrons. The van der Waals surface area contributed by atoms with Crippen molar-refractivity contribution in [1.29, 1.82) is 0 Å². The zero-order valence-electron chi connectivity index (χ0n) is 35.1. The van der Waals surface area contributed by atoms with Crippen molar-refractivity contribution in [2.24, 2.45) is 0 Å². The van der Waals surface area contributed by atoms with Crippen LogP contribution in [0, 0.1) is 13.8 Å². The van der Waals surface area contributed by atoms with Crippen LogP contribution in [-0.4, -0.2) is 69.8 Å². The van der Waals surface area contributed by atoms with Gasteiger partial charge in [-0.1, -0.05) is 74.8 Å². The molecule has 2 aromatic carbocycles. The van der Waals surface area contributed by atoms with Crippen molar-refractivity contribution >= 4 is 80.9 Å². The number of amides is 2. The highest BCUT2D eigenvalue weighted by molar-refractivity contribution is 8.22. The monoisotopic (exact) mass is 853 g/mol. The van der Waals surface area contributed by atoms with Crippen molar-refractivity contribution in [3.63, 3.8) is 0 Å². The smallest absolute Gasteiger partial charge is 0.401 e. The topological polar surface area (TPSA) is 106 Å². The number of carbonyl (C=O) groups excluding carboxylic acids is 2. The van der Waals surface area contributed by atoms with Gasteiger partial charge in [-0.05, 0) is 143 Å². The predicted octanol–water partition coefficient (Wildman–Crippen LogP) is 9.55. The molecule has 3 N–H and O–H groups in total. The highest BCUT2D eigenvalue weighted by Gasteiger charge is 2.51. The Hall–Kier alpha value is -2.83. The molecule has 0 bridgehead atoms. The fourth-order valence-corrected chi connectivity index (χ4v) is 9.34. The number of nitrogens with one attached hydrogen (secondary N) is 2. The first-order valence-electron chi connectivity index (χ1n) is 20.2. The van der Waals surface area contributed by atoms with E-state index >= 15 is 0 Å². The Balaban J connectivity index is 0.000000239. The molecule has 2 aromatic rings. The third-order valence-electron chi connectivity index (χ3n) is 12.0. The van der Waals surface area contributed by atoms with Crippen LogP contribution in [0.15, 0.2) is 35.8 Å². The van der Waals surface area contributed by atoms with Crippen LogP contribution in [0.25, 0.3) is 11.1 Å². The Morgan fingerprint density at radius 3 is 1.49 bits per heavy atom. The van der Waals surface area contributed by atoms with Crippen LogP contribution in [-0.2, 0) is 49.5 Å². The van der Waals surface area contributed by atoms with Crippen LogP contribution < -0.4 is 10.6 Å². The highest BCUT2D eigenvalue weighted by atomic mass is 32.2. The summed E-state index contributed by atoms with van der Waals surface area (Å²) >= 11 is 14.2. The van der Waals surface area contributed by atoms with Crippen LogP contribution in [0.2, 0.25) is 0 Å². The summed E-state index contributed by atoms with van der Waals surface area (Å²) in [6, 6.07) is 8.64. The summed E-state index contributed by atoms with van der Waals surface area (Å²) in [5.41, 5.74) is 9.09. The summed E-state index contributed by atoms with van der Waals surface area (Å²) in [7, 11) is 3.48. The molecule has 8 nitrogen and oxygen atoms in total. The van der Waals surface area contributed by atoms with Gasteiger partial charge in [-0.2, -0.15) is 0 Å². The molecule has 4 aliphatic rings. The first-order valence-corrected chi connectivity index (χ1v) is 22.7. The number of ether oxygens (including phenoxy) is 3. The Morgan fingerprint density at radius 1 is 0.772 bits per heavy atom. The van der Waals surface area contributed by atoms with Crippen LogP contribution >= 0.6 is 48.8 Å². The van der Waals surface area contributed by atoms with Gasteiger partial charge in [0.25, 0.3) is 24.0 Å². The van der Waals surface area contributed by atoms with E-state index < -0.39 is 11.1 Å². The predicted molar refractivity (Wildman–Crippen MR) is 245 cm³/mol. The molecular weight excluding hydrogens is 793 g/mol. The Kier molecular flexibility index (Phi) is 17.2. The number of aryl methyl sites for hydroxylation is 6. The number of carbonyl (C=O) groups is 2. The molecular formula is C45H61N2O6S4+. The molecule has 2 saturated carbocycles. The van der Waals surface area contributed by atoms with Crippen LogP contribution in [0.3, 0.4) is 0 Å². The summed E-state index contributed by atoms with van der Waals surface area (Å²) in [6.45, 7) is 12.7. The van der Waals surface area contributed by atoms with Crippen molar-refractivity contribution in [2.75, 3.05) is 20.5 Å². The number of aliphatic hydroxyl groups excluding tert-OH is 1. The lowest BCUT2D eigenvalue weighted by molar-refractivity contribution is -0.117. The van der Waals surface area contributed by atoms with Gasteiger partial charge in [-0.25, -0.2) is 0 Å². The quantitative estimate of drug-likeness (QED) is 0.112. The number of methoxy groups -OCH3 is 2. The number of thiol groups is 1. The van der Waals surface area contributed by atoms with E-state index in [4.69, 9.17) is 26.4 Å². The molecule has 2 aliphatic carbocycles. The van der Waals surface area contributed by atoms with Crippen molar-refractivity contribution in [3.8, 4) is 0 Å². The SMILES string of the molecule is CCc1cc(C)cc(CC)c1C1=C(O)C2(CCC(OC)CC2)NC1=O.CCc1cc(C)cc(CC)c1C1=C(OC(=S)SC)C2(CCC(OC)CC2)NC1=O.S=[C+]S. The standard InChI is InChI=1S/C23H31NO3S2.C21H29NO3.CHS2/c1-6-15-12-14(3)13-16(7-2)18(15)19-20(27-22(28)29-5)23(24-21(19)25)10-8-17(26-4)9-11-23;1-5-14-11-13(3)12-15(6-2)17(14)18-19(23)21(22-20(18)24)9-7-16(25-4)8-10-21;2-1-3/h12-13,17H,6-11H2,1-5H3,(H,24,25);11-12,16,23H,5-10H2,1-4H3,(H,22,24);(H,2,3)/q;;+1. The molecule has 2 spiro atoms. The molecule has 12 heteroatoms. The van der Waals surface area contributed by atoms with Crippen molar-refractivity contribution in [3.05, 3.63) is 80.3 Å². The number of hydrogen-bond acceptors (Lipinski definition) is 9. The molecule has 2 amide bonds. The van der Waals surface area contributed by atoms with Crippen LogP contribution in [0.5, 0.6) is 0 Å². The second kappa shape index (κ2) is 20.9. The third kappa shape index (κ3) is 10.1. The van der Waals surface area contributed by atoms with Gasteiger partial charge in [-0.3, -0.25) is 9.59 Å². The Morgan fingerprint density at radius 2 is 1.12 bits per heavy atom. The third-order valence-corrected chi connectivity index (χ3v) is 13.0. The van der Waals surface area contributed by atoms with E-state index in [-0.39, 0.29) is 29.8 Å². The number of hydrogen-bond donors (Lipinski definition) is 4. The van der Waals surface area contributed by atoms with Gasteiger partial charge in [0.05, 0.1) is 34.4 Å². The first-order chi connectivity index (χ1) is 27.2. The molecule has 0 aromatic heterocycles. The fraction of sp³-hybridized carbons (Fsp3) is 0.556. The van der Waals surface area contributed by atoms with Gasteiger partial charge in [0.1, 0.15) is 11.5 Å². The molecule has 6 rings (SSSR count). The lowest BCUT2D eigenvalue weighted by atomic mass is 9.78. The molecule has 0 unspecified atom stereocenters. The van der Waals surface area contributed by atoms with Crippen molar-refractivity contribution in [2.45, 2.75) is 142 Å². The molecule has 0 atom stereocenters. The second-order valence-electron chi connectivity index (χ2n) is 15.3. The fourth-order valence-electron chi connectivity index (χ4n) is 9.09. The van der Waals surface area contributed by atoms with Gasteiger partial charge < -0.3 is 30.0 Å². The maximum absolute atomic E-state index is 13.4. The average molecular weight is 854 g/mol. The Bertz CT molecular complexity index is 1820. The summed E-state index contributed by atoms with van der Waals surface area (Å²) in [6.07, 6.45) is 12.3. The van der Waals surface area contributed by atoms with Gasteiger partial charge in [-0.15, -0.1) is 0 Å². The average Bonchev–Trinajstić information content (AvgIpc) is 3.60. The molecule has 57 heavy (non-hydrogen) atoms. The minimum absolute atomic E-state index is 0.0481. The summed E-state index contributed by atoms with van der Waals surface area (Å²) in [4.78, 5) is 26.2. The number of rotatable bonds is 9. The highest BCUT2D eigenvalue weighted by Crippen LogP contribution is 2.46. The maximum atomic E-state index is 13.4. The number of thioether (sulfide) groups is 1. The van der Waals surface area contributed by atoms with E-state index in [2.05, 4.69) is 101 Å². The van der Waals surface area contributed by atoms with Gasteiger partial charge in [0.2, 0.25) is 4.38 Å². The molecule has 0 saturated heterocycles. The van der Waals surface area contributed by atoms with Crippen molar-refractivity contribution < 1.29 is 28.9 Å². The summed E-state index contributed by atoms with van der Waals surface area (Å²) in [5, 5.41) is 17.5. The van der Waals surface area contributed by atoms with Crippen LogP contribution in [0.4, 0.5) is 0 Å². The number of benzene rings is 2. The summed E-state index contributed by atoms with van der Waals surface area (Å²) < 4.78 is 19.7. The number of thiocarbonyl (C=S) groups is 2. The molecule has 2 fully saturated rings. The van der Waals surface area contributed by atoms with Gasteiger partial charge in [0.15, 0.2) is 12.6 Å². The van der Waals surface area contributed by atoms with E-state index in [1.807, 2.05) is 11.0 Å². The van der Waals surface area contributed by atoms with E-state index in [0.717, 1.165) is 99.3 Å². The van der Waals surface area contributed by atoms with Crippen LogP contribution in [0.1, 0.15) is 124 Å². The molecule has 2 aliphatic heterocycles. The Labute approximate surface area is 361 Å². The maximum Gasteiger partial charge on any atom is 0.401 e. The lowest BCUT2D eigenvalue weighted by Crippen LogP contribution is -2.49. The zero-order chi connectivity index (χ0) is 42.1. The van der Waals surface area contributed by atoms with E-state index in [1.54, 1.807) is 14.2 Å². The second-order valence-corrected chi connectivity index (χ2v) is 17.5. The molecule has 310 valence electrons. The van der Waals surface area contributed by atoms with E-state index in [9.17, 15) is 14.7 Å². The van der Waals surface area contributed by atoms with E-state index in [0.29, 0.717) is 21.3 Å². The molecule has 2 heterocycles. The normalized spacial score (nSPS) is 24.0. The van der Waals surface area contributed by atoms with Gasteiger partial charge in [0, 0.05) is 14.2 Å². The summed E-state index contributed by atoms with van der Waals surface area (Å²) in [5.74, 6) is 0.764.